The zero-order valence-electron chi connectivity index (χ0n) is 21.0. The highest BCUT2D eigenvalue weighted by Crippen LogP contribution is 2.30. The summed E-state index contributed by atoms with van der Waals surface area (Å²) in [4.78, 5) is 47.6. The lowest BCUT2D eigenvalue weighted by molar-refractivity contribution is -0.158. The van der Waals surface area contributed by atoms with Crippen LogP contribution in [-0.4, -0.2) is 61.3 Å². The molecule has 1 rings (SSSR count). The monoisotopic (exact) mass is 497 g/mol. The Balaban J connectivity index is 2.96. The van der Waals surface area contributed by atoms with Gasteiger partial charge in [0.05, 0.1) is 18.6 Å². The molecule has 0 aliphatic carbocycles. The first-order valence-corrected chi connectivity index (χ1v) is 11.4. The summed E-state index contributed by atoms with van der Waals surface area (Å²) in [5.74, 6) is -1.72. The van der Waals surface area contributed by atoms with E-state index in [9.17, 15) is 24.3 Å². The van der Waals surface area contributed by atoms with E-state index < -0.39 is 35.8 Å². The number of hydrogen-bond donors (Lipinski definition) is 2. The predicted molar refractivity (Wildman–Crippen MR) is 124 cm³/mol. The number of esters is 1. The Kier molecular flexibility index (Phi) is 12.0. The van der Waals surface area contributed by atoms with Gasteiger partial charge in [-0.3, -0.25) is 9.59 Å². The average molecular weight is 498 g/mol. The average Bonchev–Trinajstić information content (AvgIpc) is 2.78. The number of carbonyl (C=O) groups is 4. The maximum atomic E-state index is 12.2. The van der Waals surface area contributed by atoms with Crippen LogP contribution in [0.2, 0.25) is 0 Å². The van der Waals surface area contributed by atoms with Gasteiger partial charge < -0.3 is 34.1 Å². The lowest BCUT2D eigenvalue weighted by Gasteiger charge is -2.24. The topological polar surface area (TPSA) is 147 Å². The second-order valence-corrected chi connectivity index (χ2v) is 8.31. The Hall–Kier alpha value is -3.34. The van der Waals surface area contributed by atoms with Crippen molar-refractivity contribution in [3.8, 4) is 11.5 Å². The summed E-state index contributed by atoms with van der Waals surface area (Å²) >= 11 is 0. The Labute approximate surface area is 205 Å². The van der Waals surface area contributed by atoms with Crippen LogP contribution in [-0.2, 0) is 30.2 Å². The third kappa shape index (κ3) is 10.2. The van der Waals surface area contributed by atoms with Crippen molar-refractivity contribution in [2.45, 2.75) is 66.5 Å². The number of aliphatic carboxylic acids is 1. The minimum atomic E-state index is -1.13. The van der Waals surface area contributed by atoms with Crippen molar-refractivity contribution in [1.82, 2.24) is 5.32 Å². The lowest BCUT2D eigenvalue weighted by atomic mass is 9.90. The normalized spacial score (nSPS) is 12.7. The van der Waals surface area contributed by atoms with E-state index in [1.807, 2.05) is 6.92 Å². The molecule has 0 aromatic heterocycles. The summed E-state index contributed by atoms with van der Waals surface area (Å²) in [5, 5.41) is 12.5. The smallest absolute Gasteiger partial charge is 0.480 e. The Morgan fingerprint density at radius 3 is 2.06 bits per heavy atom. The maximum Gasteiger partial charge on any atom is 0.513 e. The molecule has 0 saturated carbocycles. The maximum absolute atomic E-state index is 12.2. The molecule has 11 nitrogen and oxygen atoms in total. The molecule has 0 fully saturated rings. The molecule has 1 aromatic rings. The molecular formula is C24H35NO10. The van der Waals surface area contributed by atoms with Crippen molar-refractivity contribution < 1.29 is 48.0 Å². The van der Waals surface area contributed by atoms with Gasteiger partial charge in [0.25, 0.3) is 0 Å². The van der Waals surface area contributed by atoms with Crippen molar-refractivity contribution in [1.29, 1.82) is 0 Å². The molecular weight excluding hydrogens is 462 g/mol. The van der Waals surface area contributed by atoms with E-state index in [0.717, 1.165) is 0 Å². The first-order chi connectivity index (χ1) is 16.4. The van der Waals surface area contributed by atoms with Crippen molar-refractivity contribution in [2.75, 3.05) is 19.8 Å². The van der Waals surface area contributed by atoms with E-state index in [4.69, 9.17) is 23.7 Å². The van der Waals surface area contributed by atoms with E-state index in [0.29, 0.717) is 12.0 Å². The summed E-state index contributed by atoms with van der Waals surface area (Å²) in [7, 11) is 0. The van der Waals surface area contributed by atoms with Crippen LogP contribution in [0.15, 0.2) is 18.2 Å². The molecule has 0 amide bonds. The quantitative estimate of drug-likeness (QED) is 0.233. The summed E-state index contributed by atoms with van der Waals surface area (Å²) in [5.41, 5.74) is -0.166. The number of carboxylic acids is 1. The summed E-state index contributed by atoms with van der Waals surface area (Å²) in [6.07, 6.45) is -1.96. The summed E-state index contributed by atoms with van der Waals surface area (Å²) in [6, 6.07) is 3.22. The van der Waals surface area contributed by atoms with Crippen LogP contribution in [0.1, 0.15) is 53.5 Å². The predicted octanol–water partition coefficient (Wildman–Crippen LogP) is 3.71. The minimum absolute atomic E-state index is 0.00464. The van der Waals surface area contributed by atoms with E-state index in [-0.39, 0.29) is 43.6 Å². The molecule has 0 heterocycles. The molecule has 11 heteroatoms. The van der Waals surface area contributed by atoms with Crippen LogP contribution in [0.5, 0.6) is 11.5 Å². The van der Waals surface area contributed by atoms with E-state index in [1.54, 1.807) is 34.6 Å². The van der Waals surface area contributed by atoms with Crippen LogP contribution in [0.25, 0.3) is 0 Å². The molecule has 35 heavy (non-hydrogen) atoms. The Morgan fingerprint density at radius 1 is 0.971 bits per heavy atom. The third-order valence-corrected chi connectivity index (χ3v) is 5.05. The largest absolute Gasteiger partial charge is 0.513 e. The highest BCUT2D eigenvalue weighted by molar-refractivity contribution is 5.76. The summed E-state index contributed by atoms with van der Waals surface area (Å²) in [6.45, 7) is 10.6. The van der Waals surface area contributed by atoms with Crippen LogP contribution < -0.4 is 14.8 Å². The molecule has 1 unspecified atom stereocenters. The molecule has 2 atom stereocenters. The first kappa shape index (κ1) is 29.7. The minimum Gasteiger partial charge on any atom is -0.480 e. The number of rotatable bonds is 13. The standard InChI is InChI=1S/C24H35NO10/c1-7-24(5,6)21(28)33-15(4)14-25-17(20(26)27)12-16-10-11-18(34-22(29)31-8-2)19(13-16)35-23(30)32-9-3/h10-11,13,15,17,25H,7-9,12,14H2,1-6H3,(H,26,27)/t15?,17-/m0/s1. The SMILES string of the molecule is CCOC(=O)Oc1ccc(C[C@H](NCC(C)OC(=O)C(C)(C)CC)C(=O)O)cc1OC(=O)OCC. The van der Waals surface area contributed by atoms with Gasteiger partial charge in [0.1, 0.15) is 12.1 Å². The molecule has 0 bridgehead atoms. The van der Waals surface area contributed by atoms with Gasteiger partial charge in [-0.1, -0.05) is 13.0 Å². The zero-order chi connectivity index (χ0) is 26.6. The third-order valence-electron chi connectivity index (χ3n) is 5.05. The van der Waals surface area contributed by atoms with Gasteiger partial charge in [0, 0.05) is 6.54 Å². The van der Waals surface area contributed by atoms with Crippen molar-refractivity contribution in [3.05, 3.63) is 23.8 Å². The fourth-order valence-corrected chi connectivity index (χ4v) is 2.64. The van der Waals surface area contributed by atoms with Crippen LogP contribution in [0.3, 0.4) is 0 Å². The molecule has 2 N–H and O–H groups in total. The number of hydrogen-bond acceptors (Lipinski definition) is 10. The molecule has 0 aliphatic heterocycles. The first-order valence-electron chi connectivity index (χ1n) is 11.4. The van der Waals surface area contributed by atoms with Gasteiger partial charge in [-0.15, -0.1) is 0 Å². The van der Waals surface area contributed by atoms with Crippen molar-refractivity contribution >= 4 is 24.2 Å². The number of nitrogens with one attached hydrogen (secondary N) is 1. The summed E-state index contributed by atoms with van der Waals surface area (Å²) < 4.78 is 25.1. The highest BCUT2D eigenvalue weighted by atomic mass is 16.7. The van der Waals surface area contributed by atoms with Gasteiger partial charge >= 0.3 is 24.2 Å². The van der Waals surface area contributed by atoms with Gasteiger partial charge in [-0.25, -0.2) is 9.59 Å². The van der Waals surface area contributed by atoms with Gasteiger partial charge in [0.2, 0.25) is 0 Å². The van der Waals surface area contributed by atoms with Crippen LogP contribution >= 0.6 is 0 Å². The number of benzene rings is 1. The molecule has 0 radical (unpaired) electrons. The van der Waals surface area contributed by atoms with E-state index >= 15 is 0 Å². The molecule has 0 saturated heterocycles. The second-order valence-electron chi connectivity index (χ2n) is 8.31. The number of carboxylic acid groups (broad SMARTS) is 1. The second kappa shape index (κ2) is 14.1. The van der Waals surface area contributed by atoms with Gasteiger partial charge in [0.15, 0.2) is 11.5 Å². The van der Waals surface area contributed by atoms with Crippen LogP contribution in [0, 0.1) is 5.41 Å². The van der Waals surface area contributed by atoms with Crippen molar-refractivity contribution in [2.24, 2.45) is 5.41 Å². The van der Waals surface area contributed by atoms with Crippen molar-refractivity contribution in [3.63, 3.8) is 0 Å². The molecule has 0 aliphatic rings. The van der Waals surface area contributed by atoms with Gasteiger partial charge in [-0.05, 0) is 65.2 Å². The lowest BCUT2D eigenvalue weighted by Crippen LogP contribution is -2.43. The molecule has 1 aromatic carbocycles. The Morgan fingerprint density at radius 2 is 1.54 bits per heavy atom. The van der Waals surface area contributed by atoms with E-state index in [2.05, 4.69) is 5.32 Å². The fourth-order valence-electron chi connectivity index (χ4n) is 2.64. The zero-order valence-corrected chi connectivity index (χ0v) is 21.0. The Bertz CT molecular complexity index is 883. The van der Waals surface area contributed by atoms with Gasteiger partial charge in [-0.2, -0.15) is 0 Å². The molecule has 0 spiro atoms. The number of ether oxygens (including phenoxy) is 5. The molecule has 196 valence electrons. The fraction of sp³-hybridized carbons (Fsp3) is 0.583. The number of carbonyl (C=O) groups excluding carboxylic acids is 3. The van der Waals surface area contributed by atoms with E-state index in [1.165, 1.54) is 18.2 Å². The highest BCUT2D eigenvalue weighted by Gasteiger charge is 2.29. The van der Waals surface area contributed by atoms with Crippen LogP contribution in [0.4, 0.5) is 9.59 Å².